The average molecular weight is 375 g/mol. The number of halogens is 2. The summed E-state index contributed by atoms with van der Waals surface area (Å²) in [6.07, 6.45) is 3.13. The van der Waals surface area contributed by atoms with Crippen LogP contribution in [-0.2, 0) is 0 Å². The van der Waals surface area contributed by atoms with Gasteiger partial charge in [-0.3, -0.25) is 9.99 Å². The average Bonchev–Trinajstić information content (AvgIpc) is 2.97. The normalized spacial score (nSPS) is 11.0. The third-order valence-corrected chi connectivity index (χ3v) is 3.92. The van der Waals surface area contributed by atoms with Crippen molar-refractivity contribution in [3.8, 4) is 5.69 Å². The number of hydrazone groups is 1. The van der Waals surface area contributed by atoms with Gasteiger partial charge in [0.25, 0.3) is 0 Å². The summed E-state index contributed by atoms with van der Waals surface area (Å²) in [5.74, 6) is -0.978. The van der Waals surface area contributed by atoms with Gasteiger partial charge in [0, 0.05) is 10.7 Å². The molecular weight excluding hydrogens is 363 g/mol. The lowest BCUT2D eigenvalue weighted by molar-refractivity contribution is 0.0697. The Morgan fingerprint density at radius 1 is 1.12 bits per heavy atom. The number of imidazole rings is 1. The van der Waals surface area contributed by atoms with Crippen LogP contribution in [0.3, 0.4) is 0 Å². The number of anilines is 1. The van der Waals surface area contributed by atoms with Crippen molar-refractivity contribution in [3.05, 3.63) is 76.3 Å². The lowest BCUT2D eigenvalue weighted by Crippen LogP contribution is -2.00. The number of aromatic nitrogens is 2. The minimum atomic E-state index is -0.978. The number of nitrogens with zero attached hydrogens (tertiary/aromatic N) is 3. The number of carbonyl (C=O) groups is 1. The zero-order valence-corrected chi connectivity index (χ0v) is 14.2. The Morgan fingerprint density at radius 2 is 1.80 bits per heavy atom. The Bertz CT molecular complexity index is 919. The molecule has 0 aliphatic heterocycles. The molecule has 8 heteroatoms. The highest BCUT2D eigenvalue weighted by Crippen LogP contribution is 2.19. The first kappa shape index (κ1) is 17.0. The molecule has 25 heavy (non-hydrogen) atoms. The second-order valence-corrected chi connectivity index (χ2v) is 5.81. The molecule has 0 aliphatic rings. The third kappa shape index (κ3) is 3.99. The van der Waals surface area contributed by atoms with Crippen LogP contribution in [-0.4, -0.2) is 26.8 Å². The van der Waals surface area contributed by atoms with Crippen molar-refractivity contribution < 1.29 is 9.90 Å². The van der Waals surface area contributed by atoms with Gasteiger partial charge in [-0.05, 0) is 48.5 Å². The molecule has 1 heterocycles. The molecule has 0 atom stereocenters. The predicted octanol–water partition coefficient (Wildman–Crippen LogP) is 4.32. The van der Waals surface area contributed by atoms with E-state index in [1.165, 1.54) is 18.3 Å². The first-order chi connectivity index (χ1) is 12.0. The number of benzene rings is 2. The maximum Gasteiger partial charge on any atom is 0.335 e. The molecule has 0 amide bonds. The van der Waals surface area contributed by atoms with Crippen molar-refractivity contribution in [2.24, 2.45) is 5.10 Å². The molecule has 6 nitrogen and oxygen atoms in total. The van der Waals surface area contributed by atoms with Crippen molar-refractivity contribution in [1.82, 2.24) is 9.55 Å². The highest BCUT2D eigenvalue weighted by molar-refractivity contribution is 6.31. The topological polar surface area (TPSA) is 79.5 Å². The Labute approximate surface area is 153 Å². The minimum Gasteiger partial charge on any atom is -0.478 e. The number of carboxylic acids is 1. The summed E-state index contributed by atoms with van der Waals surface area (Å²) in [6.45, 7) is 0. The fourth-order valence-corrected chi connectivity index (χ4v) is 2.42. The smallest absolute Gasteiger partial charge is 0.335 e. The fourth-order valence-electron chi connectivity index (χ4n) is 2.11. The molecule has 0 bridgehead atoms. The van der Waals surface area contributed by atoms with Gasteiger partial charge < -0.3 is 5.11 Å². The molecule has 2 aromatic carbocycles. The summed E-state index contributed by atoms with van der Waals surface area (Å²) in [7, 11) is 0. The zero-order valence-electron chi connectivity index (χ0n) is 12.7. The molecular formula is C17H12Cl2N4O2. The van der Waals surface area contributed by atoms with Crippen molar-refractivity contribution in [3.63, 3.8) is 0 Å². The van der Waals surface area contributed by atoms with Crippen LogP contribution in [0, 0.1) is 0 Å². The van der Waals surface area contributed by atoms with E-state index in [9.17, 15) is 4.79 Å². The highest BCUT2D eigenvalue weighted by atomic mass is 35.5. The maximum absolute atomic E-state index is 10.8. The van der Waals surface area contributed by atoms with Crippen LogP contribution in [0.5, 0.6) is 0 Å². The number of aromatic carboxylic acids is 1. The molecule has 3 rings (SSSR count). The van der Waals surface area contributed by atoms with Crippen LogP contribution in [0.4, 0.5) is 5.69 Å². The van der Waals surface area contributed by atoms with Crippen LogP contribution >= 0.6 is 23.2 Å². The minimum absolute atomic E-state index is 0.207. The van der Waals surface area contributed by atoms with Crippen molar-refractivity contribution in [2.75, 3.05) is 5.43 Å². The van der Waals surface area contributed by atoms with Gasteiger partial charge in [0.1, 0.15) is 12.0 Å². The molecule has 0 saturated heterocycles. The van der Waals surface area contributed by atoms with Crippen LogP contribution in [0.2, 0.25) is 10.2 Å². The summed E-state index contributed by atoms with van der Waals surface area (Å²) in [4.78, 5) is 14.9. The van der Waals surface area contributed by atoms with E-state index in [4.69, 9.17) is 28.3 Å². The van der Waals surface area contributed by atoms with Crippen LogP contribution in [0.25, 0.3) is 5.69 Å². The van der Waals surface area contributed by atoms with Crippen molar-refractivity contribution >= 4 is 41.1 Å². The van der Waals surface area contributed by atoms with E-state index in [2.05, 4.69) is 15.5 Å². The van der Waals surface area contributed by atoms with Gasteiger partial charge in [-0.15, -0.1) is 0 Å². The molecule has 2 N–H and O–H groups in total. The lowest BCUT2D eigenvalue weighted by atomic mass is 10.2. The SMILES string of the molecule is O=C(O)c1ccc(N/N=C\c2c(Cl)ncn2-c2ccc(Cl)cc2)cc1. The second-order valence-electron chi connectivity index (χ2n) is 5.02. The molecule has 0 aliphatic carbocycles. The van der Waals surface area contributed by atoms with E-state index in [1.807, 2.05) is 12.1 Å². The van der Waals surface area contributed by atoms with Gasteiger partial charge in [-0.1, -0.05) is 23.2 Å². The van der Waals surface area contributed by atoms with Crippen LogP contribution < -0.4 is 5.43 Å². The number of hydrogen-bond donors (Lipinski definition) is 2. The molecule has 0 radical (unpaired) electrons. The van der Waals surface area contributed by atoms with E-state index in [1.54, 1.807) is 35.2 Å². The quantitative estimate of drug-likeness (QED) is 0.514. The Hall–Kier alpha value is -2.83. The van der Waals surface area contributed by atoms with Gasteiger partial charge in [-0.2, -0.15) is 5.10 Å². The second kappa shape index (κ2) is 7.38. The number of carboxylic acid groups (broad SMARTS) is 1. The van der Waals surface area contributed by atoms with Crippen LogP contribution in [0.15, 0.2) is 60.0 Å². The first-order valence-corrected chi connectivity index (χ1v) is 7.91. The molecule has 1 aromatic heterocycles. The number of hydrogen-bond acceptors (Lipinski definition) is 4. The summed E-state index contributed by atoms with van der Waals surface area (Å²) in [5, 5.41) is 14.0. The summed E-state index contributed by atoms with van der Waals surface area (Å²) < 4.78 is 1.78. The third-order valence-electron chi connectivity index (χ3n) is 3.37. The summed E-state index contributed by atoms with van der Waals surface area (Å²) in [6, 6.07) is 13.5. The van der Waals surface area contributed by atoms with Crippen molar-refractivity contribution in [2.45, 2.75) is 0 Å². The Morgan fingerprint density at radius 3 is 2.44 bits per heavy atom. The Kier molecular flexibility index (Phi) is 5.02. The summed E-state index contributed by atoms with van der Waals surface area (Å²) in [5.41, 5.74) is 5.11. The molecule has 0 spiro atoms. The molecule has 0 saturated carbocycles. The standard InChI is InChI=1S/C17H12Cl2N4O2/c18-12-3-7-14(8-4-12)23-10-20-16(19)15(23)9-21-22-13-5-1-11(2-6-13)17(24)25/h1-10,22H,(H,24,25)/b21-9-. The van der Waals surface area contributed by atoms with Gasteiger partial charge in [0.05, 0.1) is 17.5 Å². The van der Waals surface area contributed by atoms with E-state index in [-0.39, 0.29) is 5.56 Å². The van der Waals surface area contributed by atoms with Gasteiger partial charge in [-0.25, -0.2) is 9.78 Å². The maximum atomic E-state index is 10.8. The number of rotatable bonds is 5. The van der Waals surface area contributed by atoms with E-state index in [0.29, 0.717) is 21.6 Å². The predicted molar refractivity (Wildman–Crippen MR) is 98.2 cm³/mol. The van der Waals surface area contributed by atoms with Crippen molar-refractivity contribution in [1.29, 1.82) is 0 Å². The zero-order chi connectivity index (χ0) is 17.8. The molecule has 0 fully saturated rings. The van der Waals surface area contributed by atoms with E-state index >= 15 is 0 Å². The van der Waals surface area contributed by atoms with Gasteiger partial charge in [0.15, 0.2) is 5.15 Å². The Balaban J connectivity index is 1.78. The number of nitrogens with one attached hydrogen (secondary N) is 1. The largest absolute Gasteiger partial charge is 0.478 e. The summed E-state index contributed by atoms with van der Waals surface area (Å²) >= 11 is 12.0. The lowest BCUT2D eigenvalue weighted by Gasteiger charge is -2.05. The van der Waals surface area contributed by atoms with Gasteiger partial charge >= 0.3 is 5.97 Å². The van der Waals surface area contributed by atoms with Gasteiger partial charge in [0.2, 0.25) is 0 Å². The first-order valence-electron chi connectivity index (χ1n) is 7.16. The molecule has 3 aromatic rings. The van der Waals surface area contributed by atoms with E-state index < -0.39 is 5.97 Å². The fraction of sp³-hybridized carbons (Fsp3) is 0. The van der Waals surface area contributed by atoms with Crippen LogP contribution in [0.1, 0.15) is 16.1 Å². The highest BCUT2D eigenvalue weighted by Gasteiger charge is 2.08. The molecule has 126 valence electrons. The van der Waals surface area contributed by atoms with E-state index in [0.717, 1.165) is 5.69 Å². The monoisotopic (exact) mass is 374 g/mol. The molecule has 0 unspecified atom stereocenters.